The van der Waals surface area contributed by atoms with Crippen LogP contribution in [0.4, 0.5) is 0 Å². The van der Waals surface area contributed by atoms with Crippen LogP contribution >= 0.6 is 0 Å². The van der Waals surface area contributed by atoms with Crippen molar-refractivity contribution >= 4 is 37.9 Å². The lowest BCUT2D eigenvalue weighted by Gasteiger charge is -2.20. The van der Waals surface area contributed by atoms with Crippen LogP contribution in [0.5, 0.6) is 0 Å². The molecule has 0 N–H and O–H groups in total. The molecule has 0 unspecified atom stereocenters. The molecule has 202 valence electrons. The Morgan fingerprint density at radius 3 is 1.79 bits per heavy atom. The van der Waals surface area contributed by atoms with E-state index in [1.807, 2.05) is 0 Å². The van der Waals surface area contributed by atoms with Gasteiger partial charge in [0.1, 0.15) is 0 Å². The zero-order valence-corrected chi connectivity index (χ0v) is 24.5. The van der Waals surface area contributed by atoms with Gasteiger partial charge in [-0.25, -0.2) is 0 Å². The molecule has 42 heavy (non-hydrogen) atoms. The van der Waals surface area contributed by atoms with Gasteiger partial charge in [0.25, 0.3) is 0 Å². The molecule has 0 saturated carbocycles. The molecule has 0 radical (unpaired) electrons. The summed E-state index contributed by atoms with van der Waals surface area (Å²) in [6.45, 7) is 6.51. The average molecular weight is 539 g/mol. The van der Waals surface area contributed by atoms with Crippen LogP contribution in [-0.2, 0) is 6.42 Å². The van der Waals surface area contributed by atoms with Crippen LogP contribution in [0, 0.1) is 0 Å². The highest BCUT2D eigenvalue weighted by Crippen LogP contribution is 2.46. The van der Waals surface area contributed by atoms with E-state index in [0.29, 0.717) is 0 Å². The van der Waals surface area contributed by atoms with Crippen molar-refractivity contribution in [3.8, 4) is 22.3 Å². The van der Waals surface area contributed by atoms with Crippen molar-refractivity contribution in [3.05, 3.63) is 162 Å². The smallest absolute Gasteiger partial charge is 0.00201 e. The topological polar surface area (TPSA) is 0 Å². The van der Waals surface area contributed by atoms with Crippen LogP contribution in [0.15, 0.2) is 151 Å². The number of rotatable bonds is 4. The molecule has 0 fully saturated rings. The zero-order chi connectivity index (χ0) is 28.6. The number of benzene rings is 6. The van der Waals surface area contributed by atoms with Crippen LogP contribution < -0.4 is 0 Å². The molecule has 0 saturated heterocycles. The lowest BCUT2D eigenvalue weighted by Crippen LogP contribution is -1.93. The van der Waals surface area contributed by atoms with Gasteiger partial charge >= 0.3 is 0 Å². The van der Waals surface area contributed by atoms with Gasteiger partial charge < -0.3 is 0 Å². The normalized spacial score (nSPS) is 14.4. The third-order valence-corrected chi connectivity index (χ3v) is 8.66. The number of hydrogen-bond donors (Lipinski definition) is 0. The van der Waals surface area contributed by atoms with Gasteiger partial charge in [-0.2, -0.15) is 0 Å². The third-order valence-electron chi connectivity index (χ3n) is 8.66. The highest BCUT2D eigenvalue weighted by atomic mass is 14.2. The summed E-state index contributed by atoms with van der Waals surface area (Å²) in [7, 11) is 0. The highest BCUT2D eigenvalue weighted by Gasteiger charge is 2.18. The van der Waals surface area contributed by atoms with Crippen LogP contribution in [0.25, 0.3) is 60.1 Å². The second-order valence-electron chi connectivity index (χ2n) is 11.2. The number of allylic oxidation sites excluding steroid dienone is 8. The molecule has 0 amide bonds. The van der Waals surface area contributed by atoms with Crippen molar-refractivity contribution in [2.45, 2.75) is 27.2 Å². The summed E-state index contributed by atoms with van der Waals surface area (Å²) in [6.07, 6.45) is 12.2. The summed E-state index contributed by atoms with van der Waals surface area (Å²) in [5.41, 5.74) is 11.5. The summed E-state index contributed by atoms with van der Waals surface area (Å²) in [4.78, 5) is 0. The second-order valence-corrected chi connectivity index (χ2v) is 11.2. The summed E-state index contributed by atoms with van der Waals surface area (Å²) in [5, 5.41) is 7.80. The van der Waals surface area contributed by atoms with E-state index in [0.717, 1.165) is 6.42 Å². The van der Waals surface area contributed by atoms with Crippen molar-refractivity contribution in [2.24, 2.45) is 0 Å². The van der Waals surface area contributed by atoms with E-state index >= 15 is 0 Å². The van der Waals surface area contributed by atoms with Gasteiger partial charge in [-0.05, 0) is 109 Å². The zero-order valence-electron chi connectivity index (χ0n) is 24.5. The minimum absolute atomic E-state index is 1.02. The monoisotopic (exact) mass is 538 g/mol. The molecule has 0 aliphatic heterocycles. The Morgan fingerprint density at radius 1 is 0.548 bits per heavy atom. The fourth-order valence-electron chi connectivity index (χ4n) is 6.62. The maximum Gasteiger partial charge on any atom is -0.00201 e. The van der Waals surface area contributed by atoms with Crippen LogP contribution in [0.2, 0.25) is 0 Å². The van der Waals surface area contributed by atoms with Crippen molar-refractivity contribution in [2.75, 3.05) is 0 Å². The first-order valence-corrected chi connectivity index (χ1v) is 15.0. The number of aryl methyl sites for hydroxylation is 1. The molecule has 0 heteroatoms. The fourth-order valence-corrected chi connectivity index (χ4v) is 6.62. The number of fused-ring (bicyclic) bond motifs is 3. The molecule has 0 spiro atoms. The summed E-state index contributed by atoms with van der Waals surface area (Å²) in [6, 6.07) is 40.5. The third kappa shape index (κ3) is 4.41. The van der Waals surface area contributed by atoms with Crippen LogP contribution in [0.3, 0.4) is 0 Å². The first-order chi connectivity index (χ1) is 20.7. The maximum atomic E-state index is 2.36. The Kier molecular flexibility index (Phi) is 6.68. The second kappa shape index (κ2) is 10.8. The van der Waals surface area contributed by atoms with Gasteiger partial charge in [-0.3, -0.25) is 0 Å². The molecule has 0 aromatic heterocycles. The highest BCUT2D eigenvalue weighted by molar-refractivity contribution is 6.23. The summed E-state index contributed by atoms with van der Waals surface area (Å²) >= 11 is 0. The van der Waals surface area contributed by atoms with E-state index in [4.69, 9.17) is 0 Å². The molecule has 0 atom stereocenters. The van der Waals surface area contributed by atoms with Gasteiger partial charge in [-0.15, -0.1) is 0 Å². The Labute approximate surface area is 248 Å². The molecular weight excluding hydrogens is 504 g/mol. The first-order valence-electron chi connectivity index (χ1n) is 15.0. The van der Waals surface area contributed by atoms with Gasteiger partial charge in [-0.1, -0.05) is 140 Å². The first kappa shape index (κ1) is 26.0. The van der Waals surface area contributed by atoms with Gasteiger partial charge in [0.2, 0.25) is 0 Å². The number of hydrogen-bond acceptors (Lipinski definition) is 0. The minimum atomic E-state index is 1.02. The van der Waals surface area contributed by atoms with E-state index in [1.165, 1.54) is 82.4 Å². The Hall–Kier alpha value is -4.94. The molecular formula is C42H34. The fraction of sp³-hybridized carbons (Fsp3) is 0.0952. The van der Waals surface area contributed by atoms with Crippen molar-refractivity contribution in [1.82, 2.24) is 0 Å². The van der Waals surface area contributed by atoms with Crippen LogP contribution in [-0.4, -0.2) is 0 Å². The summed E-state index contributed by atoms with van der Waals surface area (Å²) < 4.78 is 0. The van der Waals surface area contributed by atoms with Gasteiger partial charge in [0.15, 0.2) is 0 Å². The largest absolute Gasteiger partial charge is 0.0804 e. The van der Waals surface area contributed by atoms with Crippen LogP contribution in [0.1, 0.15) is 31.9 Å². The van der Waals surface area contributed by atoms with E-state index in [9.17, 15) is 0 Å². The molecule has 6 aromatic carbocycles. The van der Waals surface area contributed by atoms with Crippen molar-refractivity contribution in [3.63, 3.8) is 0 Å². The predicted molar refractivity (Wildman–Crippen MR) is 184 cm³/mol. The standard InChI is InChI=1S/C42H34/c1-4-29-25-28(3)21-22-32(26-29)31-13-12-14-33(27-31)41-36-17-8-10-19-38(36)42(39-20-11-9-18-37(39)41)40-24-23-30(5-2)34-15-6-7-16-35(34)40/h4,6-27H,5H2,1-3H3/b29-4-. The lowest BCUT2D eigenvalue weighted by molar-refractivity contribution is 1.16. The molecule has 1 aliphatic rings. The van der Waals surface area contributed by atoms with E-state index in [-0.39, 0.29) is 0 Å². The van der Waals surface area contributed by atoms with Gasteiger partial charge in [0.05, 0.1) is 0 Å². The van der Waals surface area contributed by atoms with E-state index in [1.54, 1.807) is 0 Å². The summed E-state index contributed by atoms with van der Waals surface area (Å²) in [5.74, 6) is 0. The molecule has 7 rings (SSSR count). The van der Waals surface area contributed by atoms with E-state index in [2.05, 4.69) is 160 Å². The minimum Gasteiger partial charge on any atom is -0.0804 e. The van der Waals surface area contributed by atoms with Crippen molar-refractivity contribution < 1.29 is 0 Å². The Morgan fingerprint density at radius 2 is 1.14 bits per heavy atom. The molecule has 0 nitrogen and oxygen atoms in total. The van der Waals surface area contributed by atoms with Gasteiger partial charge in [0, 0.05) is 0 Å². The van der Waals surface area contributed by atoms with Crippen molar-refractivity contribution in [1.29, 1.82) is 0 Å². The molecule has 0 bridgehead atoms. The SMILES string of the molecule is C/C=C1/C=C(C)C=CC(c2cccc(-c3c4ccccc4c(-c4ccc(CC)c5ccccc45)c4ccccc34)c2)=C1. The Bertz CT molecular complexity index is 2070. The molecule has 1 aliphatic carbocycles. The quantitative estimate of drug-likeness (QED) is 0.196. The molecule has 0 heterocycles. The predicted octanol–water partition coefficient (Wildman–Crippen LogP) is 11.9. The maximum absolute atomic E-state index is 2.36. The average Bonchev–Trinajstić information content (AvgIpc) is 3.24. The lowest BCUT2D eigenvalue weighted by atomic mass is 9.83. The van der Waals surface area contributed by atoms with E-state index < -0.39 is 0 Å². The Balaban J connectivity index is 1.52. The molecule has 6 aromatic rings.